The predicted octanol–water partition coefficient (Wildman–Crippen LogP) is 2.37. The van der Waals surface area contributed by atoms with Gasteiger partial charge in [0.1, 0.15) is 0 Å². The average molecular weight is 267 g/mol. The van der Waals surface area contributed by atoms with E-state index < -0.39 is 24.9 Å². The number of aromatic carboxylic acids is 1. The van der Waals surface area contributed by atoms with Crippen LogP contribution in [0.1, 0.15) is 16.1 Å². The highest BCUT2D eigenvalue weighted by molar-refractivity contribution is 5.88. The quantitative estimate of drug-likeness (QED) is 0.832. The van der Waals surface area contributed by atoms with Crippen LogP contribution in [0.4, 0.5) is 17.6 Å². The highest BCUT2D eigenvalue weighted by atomic mass is 19.3. The van der Waals surface area contributed by atoms with Gasteiger partial charge in [0.15, 0.2) is 6.61 Å². The number of ether oxygens (including phenoxy) is 1. The average Bonchev–Trinajstić information content (AvgIpc) is 2.25. The number of rotatable bonds is 5. The summed E-state index contributed by atoms with van der Waals surface area (Å²) in [5.74, 6) is -5.84. The van der Waals surface area contributed by atoms with Crippen LogP contribution in [0.2, 0.25) is 0 Å². The fourth-order valence-electron chi connectivity index (χ4n) is 1.08. The van der Waals surface area contributed by atoms with Crippen LogP contribution < -0.4 is 4.74 Å². The Hall–Kier alpha value is -1.86. The zero-order valence-corrected chi connectivity index (χ0v) is 9.16. The second-order valence-corrected chi connectivity index (χ2v) is 3.44. The lowest BCUT2D eigenvalue weighted by Gasteiger charge is -2.15. The lowest BCUT2D eigenvalue weighted by Crippen LogP contribution is -2.33. The molecule has 0 saturated heterocycles. The first-order valence-electron chi connectivity index (χ1n) is 4.74. The second-order valence-electron chi connectivity index (χ2n) is 3.44. The molecule has 0 amide bonds. The molecule has 1 heterocycles. The molecule has 100 valence electrons. The molecule has 0 radical (unpaired) electrons. The SMILES string of the molecule is Cc1nc(OCC(F)(F)C(F)F)ccc1C(=O)O. The van der Waals surface area contributed by atoms with Crippen LogP contribution in [-0.2, 0) is 0 Å². The van der Waals surface area contributed by atoms with Gasteiger partial charge >= 0.3 is 18.3 Å². The molecule has 1 rings (SSSR count). The molecule has 0 aliphatic heterocycles. The first-order valence-corrected chi connectivity index (χ1v) is 4.74. The number of carboxylic acid groups (broad SMARTS) is 1. The Labute approximate surface area is 99.2 Å². The first kappa shape index (κ1) is 14.2. The molecule has 0 unspecified atom stereocenters. The first-order chi connectivity index (χ1) is 8.24. The van der Waals surface area contributed by atoms with Crippen LogP contribution in [0.3, 0.4) is 0 Å². The van der Waals surface area contributed by atoms with Crippen molar-refractivity contribution in [2.24, 2.45) is 0 Å². The van der Waals surface area contributed by atoms with Crippen LogP contribution in [0.25, 0.3) is 0 Å². The summed E-state index contributed by atoms with van der Waals surface area (Å²) in [7, 11) is 0. The van der Waals surface area contributed by atoms with Crippen molar-refractivity contribution in [3.63, 3.8) is 0 Å². The van der Waals surface area contributed by atoms with Gasteiger partial charge in [0.2, 0.25) is 5.88 Å². The molecule has 8 heteroatoms. The fraction of sp³-hybridized carbons (Fsp3) is 0.400. The van der Waals surface area contributed by atoms with Gasteiger partial charge in [-0.3, -0.25) is 0 Å². The van der Waals surface area contributed by atoms with Crippen molar-refractivity contribution < 1.29 is 32.2 Å². The predicted molar refractivity (Wildman–Crippen MR) is 52.4 cm³/mol. The van der Waals surface area contributed by atoms with Gasteiger partial charge in [-0.2, -0.15) is 8.78 Å². The van der Waals surface area contributed by atoms with Crippen LogP contribution >= 0.6 is 0 Å². The Balaban J connectivity index is 2.76. The van der Waals surface area contributed by atoms with Gasteiger partial charge in [-0.05, 0) is 13.0 Å². The molecule has 4 nitrogen and oxygen atoms in total. The topological polar surface area (TPSA) is 59.4 Å². The van der Waals surface area contributed by atoms with Gasteiger partial charge in [-0.25, -0.2) is 18.6 Å². The molecule has 0 atom stereocenters. The molecule has 0 saturated carbocycles. The maximum absolute atomic E-state index is 12.5. The molecular weight excluding hydrogens is 258 g/mol. The number of carbonyl (C=O) groups is 1. The molecular formula is C10H9F4NO3. The number of carboxylic acids is 1. The molecule has 0 aromatic carbocycles. The molecule has 18 heavy (non-hydrogen) atoms. The Bertz CT molecular complexity index is 451. The van der Waals surface area contributed by atoms with Crippen molar-refractivity contribution in [2.75, 3.05) is 6.61 Å². The third-order valence-electron chi connectivity index (χ3n) is 2.02. The fourth-order valence-corrected chi connectivity index (χ4v) is 1.08. The van der Waals surface area contributed by atoms with Crippen molar-refractivity contribution in [1.29, 1.82) is 0 Å². The van der Waals surface area contributed by atoms with Crippen LogP contribution in [0.5, 0.6) is 5.88 Å². The van der Waals surface area contributed by atoms with Crippen LogP contribution in [0.15, 0.2) is 12.1 Å². The Morgan fingerprint density at radius 1 is 1.50 bits per heavy atom. The molecule has 0 aliphatic rings. The van der Waals surface area contributed by atoms with E-state index in [-0.39, 0.29) is 17.1 Å². The lowest BCUT2D eigenvalue weighted by molar-refractivity contribution is -0.148. The number of aromatic nitrogens is 1. The Morgan fingerprint density at radius 3 is 2.56 bits per heavy atom. The molecule has 0 spiro atoms. The summed E-state index contributed by atoms with van der Waals surface area (Å²) in [5.41, 5.74) is -0.0802. The molecule has 0 aliphatic carbocycles. The normalized spacial score (nSPS) is 11.7. The van der Waals surface area contributed by atoms with E-state index in [1.165, 1.54) is 6.92 Å². The third-order valence-corrected chi connectivity index (χ3v) is 2.02. The van der Waals surface area contributed by atoms with E-state index in [1.807, 2.05) is 0 Å². The number of pyridine rings is 1. The highest BCUT2D eigenvalue weighted by Crippen LogP contribution is 2.24. The summed E-state index contributed by atoms with van der Waals surface area (Å²) in [4.78, 5) is 14.2. The zero-order valence-electron chi connectivity index (χ0n) is 9.16. The van der Waals surface area contributed by atoms with Gasteiger partial charge in [0, 0.05) is 6.07 Å². The van der Waals surface area contributed by atoms with Crippen LogP contribution in [-0.4, -0.2) is 35.0 Å². The summed E-state index contributed by atoms with van der Waals surface area (Å²) in [6.07, 6.45) is -3.84. The number of alkyl halides is 4. The van der Waals surface area contributed by atoms with Gasteiger partial charge in [-0.1, -0.05) is 0 Å². The Morgan fingerprint density at radius 2 is 2.11 bits per heavy atom. The maximum Gasteiger partial charge on any atom is 0.340 e. The third kappa shape index (κ3) is 3.31. The molecule has 1 aromatic heterocycles. The number of nitrogens with zero attached hydrogens (tertiary/aromatic N) is 1. The van der Waals surface area contributed by atoms with E-state index in [0.29, 0.717) is 0 Å². The smallest absolute Gasteiger partial charge is 0.340 e. The maximum atomic E-state index is 12.5. The Kier molecular flexibility index (Phi) is 4.10. The minimum absolute atomic E-state index is 0.0420. The lowest BCUT2D eigenvalue weighted by atomic mass is 10.2. The number of halogens is 4. The molecule has 0 fully saturated rings. The summed E-state index contributed by atoms with van der Waals surface area (Å²) in [6, 6.07) is 2.12. The number of hydrogen-bond donors (Lipinski definition) is 1. The van der Waals surface area contributed by atoms with E-state index in [1.54, 1.807) is 0 Å². The summed E-state index contributed by atoms with van der Waals surface area (Å²) in [6.45, 7) is -0.189. The van der Waals surface area contributed by atoms with Crippen molar-refractivity contribution >= 4 is 5.97 Å². The second kappa shape index (κ2) is 5.19. The van der Waals surface area contributed by atoms with Gasteiger partial charge in [0.25, 0.3) is 0 Å². The number of aryl methyl sites for hydroxylation is 1. The van der Waals surface area contributed by atoms with Gasteiger partial charge < -0.3 is 9.84 Å². The monoisotopic (exact) mass is 267 g/mol. The minimum atomic E-state index is -4.28. The standard InChI is InChI=1S/C10H9F4NO3/c1-5-6(8(16)17)2-3-7(15-5)18-4-10(13,14)9(11)12/h2-3,9H,4H2,1H3,(H,16,17). The minimum Gasteiger partial charge on any atom is -0.478 e. The molecule has 1 N–H and O–H groups in total. The van der Waals surface area contributed by atoms with E-state index in [4.69, 9.17) is 5.11 Å². The van der Waals surface area contributed by atoms with Crippen LogP contribution in [0, 0.1) is 6.92 Å². The van der Waals surface area contributed by atoms with Crippen molar-refractivity contribution in [2.45, 2.75) is 19.3 Å². The summed E-state index contributed by atoms with van der Waals surface area (Å²) in [5, 5.41) is 8.69. The van der Waals surface area contributed by atoms with E-state index >= 15 is 0 Å². The molecule has 0 bridgehead atoms. The summed E-state index contributed by atoms with van der Waals surface area (Å²) < 4.78 is 53.2. The zero-order chi connectivity index (χ0) is 13.9. The summed E-state index contributed by atoms with van der Waals surface area (Å²) >= 11 is 0. The van der Waals surface area contributed by atoms with E-state index in [9.17, 15) is 22.4 Å². The van der Waals surface area contributed by atoms with E-state index in [2.05, 4.69) is 9.72 Å². The highest BCUT2D eigenvalue weighted by Gasteiger charge is 2.41. The number of hydrogen-bond acceptors (Lipinski definition) is 3. The van der Waals surface area contributed by atoms with Crippen molar-refractivity contribution in [3.05, 3.63) is 23.4 Å². The van der Waals surface area contributed by atoms with Crippen molar-refractivity contribution in [1.82, 2.24) is 4.98 Å². The van der Waals surface area contributed by atoms with Gasteiger partial charge in [0.05, 0.1) is 11.3 Å². The van der Waals surface area contributed by atoms with E-state index in [0.717, 1.165) is 12.1 Å². The largest absolute Gasteiger partial charge is 0.478 e. The van der Waals surface area contributed by atoms with Crippen molar-refractivity contribution in [3.8, 4) is 5.88 Å². The molecule has 1 aromatic rings. The van der Waals surface area contributed by atoms with Gasteiger partial charge in [-0.15, -0.1) is 0 Å².